The van der Waals surface area contributed by atoms with Gasteiger partial charge in [0.2, 0.25) is 0 Å². The first-order valence-corrected chi connectivity index (χ1v) is 4.46. The summed E-state index contributed by atoms with van der Waals surface area (Å²) in [6, 6.07) is 2.22. The number of nitro benzene ring substituents is 1. The van der Waals surface area contributed by atoms with Crippen molar-refractivity contribution in [3.05, 3.63) is 37.9 Å². The van der Waals surface area contributed by atoms with Gasteiger partial charge in [0.25, 0.3) is 5.69 Å². The summed E-state index contributed by atoms with van der Waals surface area (Å²) in [5.74, 6) is 0. The van der Waals surface area contributed by atoms with Crippen LogP contribution in [0.3, 0.4) is 0 Å². The predicted molar refractivity (Wildman–Crippen MR) is 52.6 cm³/mol. The van der Waals surface area contributed by atoms with Gasteiger partial charge in [-0.05, 0) is 13.0 Å². The molecule has 0 aliphatic rings. The molecule has 6 heteroatoms. The van der Waals surface area contributed by atoms with Gasteiger partial charge in [-0.2, -0.15) is 0 Å². The van der Waals surface area contributed by atoms with Crippen molar-refractivity contribution in [1.29, 1.82) is 0 Å². The van der Waals surface area contributed by atoms with Crippen LogP contribution < -0.4 is 0 Å². The molecule has 14 heavy (non-hydrogen) atoms. The lowest BCUT2D eigenvalue weighted by Gasteiger charge is -2.05. The highest BCUT2D eigenvalue weighted by molar-refractivity contribution is 6.42. The van der Waals surface area contributed by atoms with Crippen LogP contribution in [0.4, 0.5) is 10.1 Å². The van der Waals surface area contributed by atoms with E-state index in [-0.39, 0.29) is 21.3 Å². The predicted octanol–water partition coefficient (Wildman–Crippen LogP) is 3.93. The summed E-state index contributed by atoms with van der Waals surface area (Å²) >= 11 is 11.2. The molecule has 0 aliphatic heterocycles. The van der Waals surface area contributed by atoms with E-state index in [0.717, 1.165) is 6.07 Å². The molecule has 0 fully saturated rings. The smallest absolute Gasteiger partial charge is 0.258 e. The van der Waals surface area contributed by atoms with Crippen molar-refractivity contribution >= 4 is 28.9 Å². The van der Waals surface area contributed by atoms with Gasteiger partial charge in [0.15, 0.2) is 0 Å². The minimum Gasteiger partial charge on any atom is -0.258 e. The summed E-state index contributed by atoms with van der Waals surface area (Å²) in [5, 5.41) is 10.7. The first-order valence-electron chi connectivity index (χ1n) is 3.71. The van der Waals surface area contributed by atoms with Crippen LogP contribution in [-0.4, -0.2) is 4.92 Å². The fourth-order valence-corrected chi connectivity index (χ4v) is 1.36. The van der Waals surface area contributed by atoms with Gasteiger partial charge in [-0.3, -0.25) is 10.1 Å². The van der Waals surface area contributed by atoms with Gasteiger partial charge in [-0.1, -0.05) is 23.2 Å². The van der Waals surface area contributed by atoms with E-state index in [4.69, 9.17) is 23.2 Å². The molecule has 0 aliphatic carbocycles. The Kier molecular flexibility index (Phi) is 3.29. The minimum absolute atomic E-state index is 0.0442. The molecule has 1 aromatic rings. The van der Waals surface area contributed by atoms with Crippen molar-refractivity contribution in [2.24, 2.45) is 0 Å². The van der Waals surface area contributed by atoms with Crippen LogP contribution in [0.25, 0.3) is 0 Å². The Morgan fingerprint density at radius 3 is 2.36 bits per heavy atom. The highest BCUT2D eigenvalue weighted by atomic mass is 35.5. The molecule has 1 atom stereocenters. The van der Waals surface area contributed by atoms with E-state index < -0.39 is 11.1 Å². The van der Waals surface area contributed by atoms with Crippen molar-refractivity contribution in [2.75, 3.05) is 0 Å². The number of alkyl halides is 1. The van der Waals surface area contributed by atoms with Crippen LogP contribution in [-0.2, 0) is 0 Å². The fourth-order valence-electron chi connectivity index (χ4n) is 1.03. The Bertz CT molecular complexity index is 382. The van der Waals surface area contributed by atoms with Gasteiger partial charge in [0.1, 0.15) is 6.17 Å². The second-order valence-corrected chi connectivity index (χ2v) is 3.51. The average molecular weight is 238 g/mol. The molecule has 1 rings (SSSR count). The minimum atomic E-state index is -1.45. The Hall–Kier alpha value is -0.870. The molecule has 0 N–H and O–H groups in total. The molecular formula is C8H6Cl2FNO2. The van der Waals surface area contributed by atoms with Crippen molar-refractivity contribution < 1.29 is 9.31 Å². The van der Waals surface area contributed by atoms with Gasteiger partial charge < -0.3 is 0 Å². The molecule has 3 nitrogen and oxygen atoms in total. The Balaban J connectivity index is 3.39. The SMILES string of the molecule is CC(F)c1cc(Cl)c(Cl)cc1[N+](=O)[O-]. The molecule has 0 aromatic heterocycles. The van der Waals surface area contributed by atoms with Crippen LogP contribution in [0, 0.1) is 10.1 Å². The molecule has 0 radical (unpaired) electrons. The quantitative estimate of drug-likeness (QED) is 0.578. The van der Waals surface area contributed by atoms with Gasteiger partial charge >= 0.3 is 0 Å². The lowest BCUT2D eigenvalue weighted by atomic mass is 10.1. The zero-order valence-corrected chi connectivity index (χ0v) is 8.64. The summed E-state index contributed by atoms with van der Waals surface area (Å²) in [6.07, 6.45) is -1.45. The Labute approximate surface area is 89.6 Å². The lowest BCUT2D eigenvalue weighted by Crippen LogP contribution is -1.96. The second-order valence-electron chi connectivity index (χ2n) is 2.70. The average Bonchev–Trinajstić information content (AvgIpc) is 2.08. The molecule has 0 amide bonds. The first-order chi connectivity index (χ1) is 6.43. The maximum absolute atomic E-state index is 13.0. The molecule has 0 bridgehead atoms. The zero-order valence-electron chi connectivity index (χ0n) is 7.13. The number of nitro groups is 1. The van der Waals surface area contributed by atoms with Gasteiger partial charge in [0, 0.05) is 6.07 Å². The van der Waals surface area contributed by atoms with Crippen LogP contribution >= 0.6 is 23.2 Å². The molecule has 1 aromatic carbocycles. The van der Waals surface area contributed by atoms with E-state index in [1.165, 1.54) is 13.0 Å². The van der Waals surface area contributed by atoms with Gasteiger partial charge in [-0.25, -0.2) is 4.39 Å². The molecule has 0 saturated heterocycles. The van der Waals surface area contributed by atoms with Crippen LogP contribution in [0.5, 0.6) is 0 Å². The molecular weight excluding hydrogens is 232 g/mol. The standard InChI is InChI=1S/C8H6Cl2FNO2/c1-4(11)5-2-6(9)7(10)3-8(5)12(13)14/h2-4H,1H3. The van der Waals surface area contributed by atoms with Crippen molar-refractivity contribution in [2.45, 2.75) is 13.1 Å². The van der Waals surface area contributed by atoms with Crippen LogP contribution in [0.2, 0.25) is 10.0 Å². The largest absolute Gasteiger partial charge is 0.277 e. The monoisotopic (exact) mass is 237 g/mol. The lowest BCUT2D eigenvalue weighted by molar-refractivity contribution is -0.385. The number of halogens is 3. The fraction of sp³-hybridized carbons (Fsp3) is 0.250. The summed E-state index contributed by atoms with van der Waals surface area (Å²) in [6.45, 7) is 1.20. The van der Waals surface area contributed by atoms with E-state index >= 15 is 0 Å². The van der Waals surface area contributed by atoms with Crippen molar-refractivity contribution in [3.8, 4) is 0 Å². The van der Waals surface area contributed by atoms with Crippen LogP contribution in [0.1, 0.15) is 18.7 Å². The number of nitrogens with zero attached hydrogens (tertiary/aromatic N) is 1. The number of hydrogen-bond donors (Lipinski definition) is 0. The maximum atomic E-state index is 13.0. The zero-order chi connectivity index (χ0) is 10.9. The van der Waals surface area contributed by atoms with Crippen LogP contribution in [0.15, 0.2) is 12.1 Å². The van der Waals surface area contributed by atoms with Crippen molar-refractivity contribution in [1.82, 2.24) is 0 Å². The number of benzene rings is 1. The van der Waals surface area contributed by atoms with Gasteiger partial charge in [-0.15, -0.1) is 0 Å². The number of rotatable bonds is 2. The third-order valence-corrected chi connectivity index (χ3v) is 2.42. The molecule has 0 heterocycles. The van der Waals surface area contributed by atoms with E-state index in [1.807, 2.05) is 0 Å². The normalized spacial score (nSPS) is 12.6. The molecule has 1 unspecified atom stereocenters. The summed E-state index contributed by atoms with van der Waals surface area (Å²) in [5.41, 5.74) is -0.418. The van der Waals surface area contributed by atoms with E-state index in [2.05, 4.69) is 0 Å². The highest BCUT2D eigenvalue weighted by Crippen LogP contribution is 2.34. The van der Waals surface area contributed by atoms with Crippen molar-refractivity contribution in [3.63, 3.8) is 0 Å². The first kappa shape index (κ1) is 11.2. The summed E-state index contributed by atoms with van der Waals surface area (Å²) in [4.78, 5) is 9.84. The van der Waals surface area contributed by atoms with Gasteiger partial charge in [0.05, 0.1) is 20.5 Å². The Morgan fingerprint density at radius 1 is 1.43 bits per heavy atom. The molecule has 76 valence electrons. The third-order valence-electron chi connectivity index (χ3n) is 1.69. The Morgan fingerprint density at radius 2 is 1.93 bits per heavy atom. The third kappa shape index (κ3) is 2.13. The van der Waals surface area contributed by atoms with E-state index in [9.17, 15) is 14.5 Å². The molecule has 0 saturated carbocycles. The summed E-state index contributed by atoms with van der Waals surface area (Å²) in [7, 11) is 0. The maximum Gasteiger partial charge on any atom is 0.277 e. The highest BCUT2D eigenvalue weighted by Gasteiger charge is 2.20. The topological polar surface area (TPSA) is 43.1 Å². The van der Waals surface area contributed by atoms with E-state index in [1.54, 1.807) is 0 Å². The second kappa shape index (κ2) is 4.11. The number of hydrogen-bond acceptors (Lipinski definition) is 2. The molecule has 0 spiro atoms. The van der Waals surface area contributed by atoms with E-state index in [0.29, 0.717) is 0 Å². The summed E-state index contributed by atoms with van der Waals surface area (Å²) < 4.78 is 13.0.